The van der Waals surface area contributed by atoms with E-state index >= 15 is 0 Å². The lowest BCUT2D eigenvalue weighted by Crippen LogP contribution is -2.26. The van der Waals surface area contributed by atoms with E-state index in [1.54, 1.807) is 0 Å². The summed E-state index contributed by atoms with van der Waals surface area (Å²) < 4.78 is 2.27. The Hall–Kier alpha value is -2.10. The molecule has 1 aromatic heterocycles. The Morgan fingerprint density at radius 2 is 1.71 bits per heavy atom. The Bertz CT molecular complexity index is 830. The third-order valence-corrected chi connectivity index (χ3v) is 4.47. The molecular formula is C20H22ClN3. The normalized spacial score (nSPS) is 11.8. The molecule has 0 radical (unpaired) electrons. The molecule has 0 atom stereocenters. The SMILES string of the molecule is CCN(CC)Cn1c(/C=C/c2ccc(Cl)cc2)nc2ccccc21. The highest BCUT2D eigenvalue weighted by atomic mass is 35.5. The van der Waals surface area contributed by atoms with E-state index in [0.29, 0.717) is 0 Å². The zero-order chi connectivity index (χ0) is 16.9. The van der Waals surface area contributed by atoms with E-state index in [9.17, 15) is 0 Å². The number of para-hydroxylation sites is 2. The predicted molar refractivity (Wildman–Crippen MR) is 103 cm³/mol. The summed E-state index contributed by atoms with van der Waals surface area (Å²) in [6, 6.07) is 16.1. The molecule has 0 saturated carbocycles. The summed E-state index contributed by atoms with van der Waals surface area (Å²) in [7, 11) is 0. The molecule has 3 rings (SSSR count). The number of fused-ring (bicyclic) bond motifs is 1. The van der Waals surface area contributed by atoms with Crippen molar-refractivity contribution in [1.82, 2.24) is 14.5 Å². The molecule has 0 spiro atoms. The van der Waals surface area contributed by atoms with E-state index < -0.39 is 0 Å². The van der Waals surface area contributed by atoms with Crippen LogP contribution in [0.5, 0.6) is 0 Å². The fourth-order valence-electron chi connectivity index (χ4n) is 2.74. The van der Waals surface area contributed by atoms with Crippen LogP contribution in [0, 0.1) is 0 Å². The quantitative estimate of drug-likeness (QED) is 0.618. The Kier molecular flexibility index (Phi) is 5.34. The van der Waals surface area contributed by atoms with E-state index in [4.69, 9.17) is 16.6 Å². The van der Waals surface area contributed by atoms with Crippen molar-refractivity contribution in [1.29, 1.82) is 0 Å². The number of nitrogens with zero attached hydrogens (tertiary/aromatic N) is 3. The highest BCUT2D eigenvalue weighted by Crippen LogP contribution is 2.19. The maximum absolute atomic E-state index is 5.95. The lowest BCUT2D eigenvalue weighted by Gasteiger charge is -2.20. The van der Waals surface area contributed by atoms with Gasteiger partial charge in [-0.1, -0.05) is 55.8 Å². The zero-order valence-electron chi connectivity index (χ0n) is 14.1. The van der Waals surface area contributed by atoms with Crippen LogP contribution in [0.25, 0.3) is 23.2 Å². The van der Waals surface area contributed by atoms with Crippen molar-refractivity contribution >= 4 is 34.8 Å². The first-order chi connectivity index (χ1) is 11.7. The summed E-state index contributed by atoms with van der Waals surface area (Å²) in [4.78, 5) is 7.17. The third-order valence-electron chi connectivity index (χ3n) is 4.21. The Morgan fingerprint density at radius 1 is 1.00 bits per heavy atom. The number of hydrogen-bond acceptors (Lipinski definition) is 2. The maximum Gasteiger partial charge on any atom is 0.134 e. The van der Waals surface area contributed by atoms with E-state index in [-0.39, 0.29) is 0 Å². The van der Waals surface area contributed by atoms with Gasteiger partial charge < -0.3 is 4.57 Å². The Balaban J connectivity index is 1.98. The van der Waals surface area contributed by atoms with Gasteiger partial charge in [0.25, 0.3) is 0 Å². The molecule has 0 saturated heterocycles. The van der Waals surface area contributed by atoms with Gasteiger partial charge in [0.2, 0.25) is 0 Å². The first-order valence-corrected chi connectivity index (χ1v) is 8.70. The minimum atomic E-state index is 0.751. The summed E-state index contributed by atoms with van der Waals surface area (Å²) in [5.74, 6) is 0.970. The highest BCUT2D eigenvalue weighted by Gasteiger charge is 2.10. The van der Waals surface area contributed by atoms with Crippen LogP contribution in [0.3, 0.4) is 0 Å². The predicted octanol–water partition coefficient (Wildman–Crippen LogP) is 5.16. The molecular weight excluding hydrogens is 318 g/mol. The van der Waals surface area contributed by atoms with Gasteiger partial charge in [0.15, 0.2) is 0 Å². The van der Waals surface area contributed by atoms with Crippen LogP contribution < -0.4 is 0 Å². The van der Waals surface area contributed by atoms with E-state index in [1.807, 2.05) is 30.3 Å². The average molecular weight is 340 g/mol. The van der Waals surface area contributed by atoms with Gasteiger partial charge in [0.05, 0.1) is 17.7 Å². The van der Waals surface area contributed by atoms with Gasteiger partial charge >= 0.3 is 0 Å². The molecule has 3 aromatic rings. The van der Waals surface area contributed by atoms with Crippen LogP contribution in [0.15, 0.2) is 48.5 Å². The second-order valence-electron chi connectivity index (χ2n) is 5.72. The van der Waals surface area contributed by atoms with Crippen molar-refractivity contribution in [2.45, 2.75) is 20.5 Å². The summed E-state index contributed by atoms with van der Waals surface area (Å²) >= 11 is 5.95. The molecule has 0 aliphatic rings. The Labute approximate surface area is 148 Å². The molecule has 24 heavy (non-hydrogen) atoms. The van der Waals surface area contributed by atoms with Gasteiger partial charge in [0, 0.05) is 5.02 Å². The van der Waals surface area contributed by atoms with Crippen LogP contribution in [0.4, 0.5) is 0 Å². The third kappa shape index (κ3) is 3.69. The summed E-state index contributed by atoms with van der Waals surface area (Å²) in [5, 5.41) is 0.751. The number of halogens is 1. The molecule has 4 heteroatoms. The average Bonchev–Trinajstić information content (AvgIpc) is 2.96. The summed E-state index contributed by atoms with van der Waals surface area (Å²) in [5.41, 5.74) is 3.31. The fraction of sp³-hybridized carbons (Fsp3) is 0.250. The fourth-order valence-corrected chi connectivity index (χ4v) is 2.86. The molecule has 0 fully saturated rings. The number of rotatable bonds is 6. The number of hydrogen-bond donors (Lipinski definition) is 0. The highest BCUT2D eigenvalue weighted by molar-refractivity contribution is 6.30. The summed E-state index contributed by atoms with van der Waals surface area (Å²) in [6.07, 6.45) is 4.16. The van der Waals surface area contributed by atoms with Gasteiger partial charge in [-0.25, -0.2) is 4.98 Å². The first kappa shape index (κ1) is 16.7. The van der Waals surface area contributed by atoms with Gasteiger partial charge in [-0.05, 0) is 49.0 Å². The van der Waals surface area contributed by atoms with E-state index in [1.165, 1.54) is 5.52 Å². The molecule has 0 aliphatic carbocycles. The standard InChI is InChI=1S/C20H22ClN3/c1-3-23(4-2)15-24-19-8-6-5-7-18(19)22-20(24)14-11-16-9-12-17(21)13-10-16/h5-14H,3-4,15H2,1-2H3/b14-11+. The maximum atomic E-state index is 5.95. The molecule has 1 heterocycles. The minimum absolute atomic E-state index is 0.751. The lowest BCUT2D eigenvalue weighted by atomic mass is 10.2. The van der Waals surface area contributed by atoms with E-state index in [0.717, 1.165) is 41.7 Å². The monoisotopic (exact) mass is 339 g/mol. The van der Waals surface area contributed by atoms with Crippen LogP contribution in [0.2, 0.25) is 5.02 Å². The largest absolute Gasteiger partial charge is 0.311 e. The molecule has 0 unspecified atom stereocenters. The van der Waals surface area contributed by atoms with Gasteiger partial charge in [0.1, 0.15) is 5.82 Å². The molecule has 0 amide bonds. The second kappa shape index (κ2) is 7.65. The molecule has 2 aromatic carbocycles. The van der Waals surface area contributed by atoms with Crippen LogP contribution in [-0.2, 0) is 6.67 Å². The van der Waals surface area contributed by atoms with Gasteiger partial charge in [-0.3, -0.25) is 4.90 Å². The minimum Gasteiger partial charge on any atom is -0.311 e. The van der Waals surface area contributed by atoms with Crippen LogP contribution in [0.1, 0.15) is 25.2 Å². The molecule has 0 N–H and O–H groups in total. The zero-order valence-corrected chi connectivity index (χ0v) is 14.9. The smallest absolute Gasteiger partial charge is 0.134 e. The molecule has 0 aliphatic heterocycles. The molecule has 124 valence electrons. The van der Waals surface area contributed by atoms with Gasteiger partial charge in [-0.15, -0.1) is 0 Å². The van der Waals surface area contributed by atoms with Crippen molar-refractivity contribution in [3.63, 3.8) is 0 Å². The van der Waals surface area contributed by atoms with Crippen molar-refractivity contribution in [3.8, 4) is 0 Å². The second-order valence-corrected chi connectivity index (χ2v) is 6.15. The number of benzene rings is 2. The van der Waals surface area contributed by atoms with Crippen molar-refractivity contribution < 1.29 is 0 Å². The molecule has 0 bridgehead atoms. The number of aromatic nitrogens is 2. The molecule has 3 nitrogen and oxygen atoms in total. The summed E-state index contributed by atoms with van der Waals surface area (Å²) in [6.45, 7) is 7.25. The first-order valence-electron chi connectivity index (χ1n) is 8.32. The Morgan fingerprint density at radius 3 is 2.42 bits per heavy atom. The van der Waals surface area contributed by atoms with Crippen LogP contribution >= 0.6 is 11.6 Å². The van der Waals surface area contributed by atoms with Gasteiger partial charge in [-0.2, -0.15) is 0 Å². The topological polar surface area (TPSA) is 21.1 Å². The number of imidazole rings is 1. The lowest BCUT2D eigenvalue weighted by molar-refractivity contribution is 0.245. The van der Waals surface area contributed by atoms with Crippen molar-refractivity contribution in [2.24, 2.45) is 0 Å². The van der Waals surface area contributed by atoms with E-state index in [2.05, 4.69) is 53.7 Å². The van der Waals surface area contributed by atoms with Crippen LogP contribution in [-0.4, -0.2) is 27.5 Å². The van der Waals surface area contributed by atoms with Crippen molar-refractivity contribution in [3.05, 3.63) is 64.9 Å². The van der Waals surface area contributed by atoms with Crippen molar-refractivity contribution in [2.75, 3.05) is 13.1 Å².